The Hall–Kier alpha value is -2.21. The molecule has 0 bridgehead atoms. The molecular formula is C12H12ClN3O3. The van der Waals surface area contributed by atoms with E-state index in [1.165, 1.54) is 37.5 Å². The number of halogens is 1. The number of methoxy groups -OCH3 is 2. The maximum atomic E-state index is 11.9. The molecular weight excluding hydrogens is 270 g/mol. The summed E-state index contributed by atoms with van der Waals surface area (Å²) in [6.45, 7) is 0. The Kier molecular flexibility index (Phi) is 3.91. The normalized spacial score (nSPS) is 10.1. The van der Waals surface area contributed by atoms with Crippen molar-refractivity contribution < 1.29 is 14.3 Å². The van der Waals surface area contributed by atoms with E-state index in [-0.39, 0.29) is 6.03 Å². The number of anilines is 1. The standard InChI is InChI=1S/C12H12ClN3O3/c1-18-10-6-9(11(19-2)5-8(10)13)15-12(17)16-4-3-14-7-16/h3-7H,1-2H3,(H,15,17). The summed E-state index contributed by atoms with van der Waals surface area (Å²) in [6.07, 6.45) is 4.45. The zero-order valence-corrected chi connectivity index (χ0v) is 11.1. The first kappa shape index (κ1) is 13.2. The van der Waals surface area contributed by atoms with E-state index >= 15 is 0 Å². The molecule has 0 saturated heterocycles. The summed E-state index contributed by atoms with van der Waals surface area (Å²) in [6, 6.07) is 2.81. The lowest BCUT2D eigenvalue weighted by atomic mass is 10.2. The van der Waals surface area contributed by atoms with Crippen LogP contribution in [-0.2, 0) is 0 Å². The van der Waals surface area contributed by atoms with Gasteiger partial charge in [-0.25, -0.2) is 9.78 Å². The number of aromatic nitrogens is 2. The number of amides is 1. The van der Waals surface area contributed by atoms with Crippen molar-refractivity contribution in [1.82, 2.24) is 9.55 Å². The second-order valence-electron chi connectivity index (χ2n) is 3.59. The molecule has 100 valence electrons. The summed E-state index contributed by atoms with van der Waals surface area (Å²) >= 11 is 5.98. The van der Waals surface area contributed by atoms with Crippen LogP contribution in [0, 0.1) is 0 Å². The van der Waals surface area contributed by atoms with E-state index in [1.54, 1.807) is 12.1 Å². The van der Waals surface area contributed by atoms with Gasteiger partial charge in [0, 0.05) is 24.5 Å². The van der Waals surface area contributed by atoms with Crippen LogP contribution in [0.4, 0.5) is 10.5 Å². The number of hydrogen-bond donors (Lipinski definition) is 1. The summed E-state index contributed by atoms with van der Waals surface area (Å²) in [5.74, 6) is 0.891. The number of imidazole rings is 1. The maximum absolute atomic E-state index is 11.9. The molecule has 1 heterocycles. The van der Waals surface area contributed by atoms with Crippen LogP contribution in [0.3, 0.4) is 0 Å². The Labute approximate surface area is 114 Å². The lowest BCUT2D eigenvalue weighted by Gasteiger charge is -2.13. The van der Waals surface area contributed by atoms with Crippen molar-refractivity contribution in [2.45, 2.75) is 0 Å². The van der Waals surface area contributed by atoms with Crippen LogP contribution in [0.5, 0.6) is 11.5 Å². The van der Waals surface area contributed by atoms with E-state index in [4.69, 9.17) is 21.1 Å². The number of rotatable bonds is 3. The summed E-state index contributed by atoms with van der Waals surface area (Å²) in [4.78, 5) is 15.7. The average Bonchev–Trinajstić information content (AvgIpc) is 2.94. The molecule has 1 aromatic carbocycles. The van der Waals surface area contributed by atoms with Gasteiger partial charge in [-0.1, -0.05) is 11.6 Å². The molecule has 2 rings (SSSR count). The van der Waals surface area contributed by atoms with Crippen LogP contribution < -0.4 is 14.8 Å². The minimum atomic E-state index is -0.361. The summed E-state index contributed by atoms with van der Waals surface area (Å²) < 4.78 is 11.6. The molecule has 0 fully saturated rings. The topological polar surface area (TPSA) is 65.4 Å². The van der Waals surface area contributed by atoms with Crippen LogP contribution in [-0.4, -0.2) is 29.8 Å². The number of nitrogens with zero attached hydrogens (tertiary/aromatic N) is 2. The van der Waals surface area contributed by atoms with Gasteiger partial charge in [0.15, 0.2) is 0 Å². The Balaban J connectivity index is 2.31. The van der Waals surface area contributed by atoms with Crippen molar-refractivity contribution in [2.24, 2.45) is 0 Å². The largest absolute Gasteiger partial charge is 0.495 e. The van der Waals surface area contributed by atoms with E-state index in [0.29, 0.717) is 22.2 Å². The average molecular weight is 282 g/mol. The first-order valence-corrected chi connectivity index (χ1v) is 5.74. The van der Waals surface area contributed by atoms with E-state index in [1.807, 2.05) is 0 Å². The number of ether oxygens (including phenoxy) is 2. The minimum absolute atomic E-state index is 0.361. The third kappa shape index (κ3) is 2.79. The highest BCUT2D eigenvalue weighted by Crippen LogP contribution is 2.35. The molecule has 1 aromatic heterocycles. The van der Waals surface area contributed by atoms with Crippen molar-refractivity contribution in [3.63, 3.8) is 0 Å². The van der Waals surface area contributed by atoms with E-state index < -0.39 is 0 Å². The van der Waals surface area contributed by atoms with E-state index in [9.17, 15) is 4.79 Å². The molecule has 0 aliphatic rings. The SMILES string of the molecule is COc1cc(NC(=O)n2ccnc2)c(OC)cc1Cl. The van der Waals surface area contributed by atoms with Gasteiger partial charge in [0.1, 0.15) is 17.8 Å². The Morgan fingerprint density at radius 2 is 2.05 bits per heavy atom. The molecule has 6 nitrogen and oxygen atoms in total. The minimum Gasteiger partial charge on any atom is -0.495 e. The monoisotopic (exact) mass is 281 g/mol. The number of nitrogens with one attached hydrogen (secondary N) is 1. The van der Waals surface area contributed by atoms with Gasteiger partial charge in [-0.2, -0.15) is 0 Å². The Bertz CT molecular complexity index is 584. The highest BCUT2D eigenvalue weighted by molar-refractivity contribution is 6.32. The predicted molar refractivity (Wildman–Crippen MR) is 71.2 cm³/mol. The fourth-order valence-electron chi connectivity index (χ4n) is 1.52. The third-order valence-electron chi connectivity index (χ3n) is 2.45. The molecule has 0 unspecified atom stereocenters. The number of hydrogen-bond acceptors (Lipinski definition) is 4. The van der Waals surface area contributed by atoms with Crippen LogP contribution >= 0.6 is 11.6 Å². The fourth-order valence-corrected chi connectivity index (χ4v) is 1.75. The molecule has 0 saturated carbocycles. The molecule has 0 aliphatic heterocycles. The van der Waals surface area contributed by atoms with Crippen molar-refractivity contribution in [2.75, 3.05) is 19.5 Å². The van der Waals surface area contributed by atoms with Gasteiger partial charge in [0.2, 0.25) is 0 Å². The van der Waals surface area contributed by atoms with Crippen LogP contribution in [0.1, 0.15) is 0 Å². The Morgan fingerprint density at radius 1 is 1.32 bits per heavy atom. The summed E-state index contributed by atoms with van der Waals surface area (Å²) in [7, 11) is 2.99. The predicted octanol–water partition coefficient (Wildman–Crippen LogP) is 2.63. The zero-order chi connectivity index (χ0) is 13.8. The van der Waals surface area contributed by atoms with Crippen LogP contribution in [0.15, 0.2) is 30.9 Å². The van der Waals surface area contributed by atoms with Gasteiger partial charge < -0.3 is 14.8 Å². The molecule has 1 N–H and O–H groups in total. The summed E-state index contributed by atoms with van der Waals surface area (Å²) in [5, 5.41) is 3.09. The second-order valence-corrected chi connectivity index (χ2v) is 3.99. The molecule has 7 heteroatoms. The van der Waals surface area contributed by atoms with Crippen molar-refractivity contribution >= 4 is 23.3 Å². The van der Waals surface area contributed by atoms with Crippen LogP contribution in [0.25, 0.3) is 0 Å². The second kappa shape index (κ2) is 5.62. The molecule has 0 spiro atoms. The molecule has 0 atom stereocenters. The molecule has 0 radical (unpaired) electrons. The highest BCUT2D eigenvalue weighted by Gasteiger charge is 2.13. The number of carbonyl (C=O) groups excluding carboxylic acids is 1. The van der Waals surface area contributed by atoms with Crippen molar-refractivity contribution in [1.29, 1.82) is 0 Å². The lowest BCUT2D eigenvalue weighted by Crippen LogP contribution is -2.18. The smallest absolute Gasteiger partial charge is 0.331 e. The van der Waals surface area contributed by atoms with Crippen molar-refractivity contribution in [3.8, 4) is 11.5 Å². The van der Waals surface area contributed by atoms with E-state index in [0.717, 1.165) is 0 Å². The van der Waals surface area contributed by atoms with Gasteiger partial charge >= 0.3 is 6.03 Å². The zero-order valence-electron chi connectivity index (χ0n) is 10.4. The molecule has 1 amide bonds. The number of benzene rings is 1. The summed E-state index contributed by atoms with van der Waals surface area (Å²) in [5.41, 5.74) is 0.461. The first-order valence-electron chi connectivity index (χ1n) is 5.36. The highest BCUT2D eigenvalue weighted by atomic mass is 35.5. The van der Waals surface area contributed by atoms with Crippen LogP contribution in [0.2, 0.25) is 5.02 Å². The Morgan fingerprint density at radius 3 is 2.63 bits per heavy atom. The van der Waals surface area contributed by atoms with Gasteiger partial charge in [-0.05, 0) is 0 Å². The van der Waals surface area contributed by atoms with Gasteiger partial charge in [-0.3, -0.25) is 4.57 Å². The third-order valence-corrected chi connectivity index (χ3v) is 2.75. The quantitative estimate of drug-likeness (QED) is 0.939. The maximum Gasteiger partial charge on any atom is 0.331 e. The van der Waals surface area contributed by atoms with Gasteiger partial charge in [0.05, 0.1) is 24.9 Å². The fraction of sp³-hybridized carbons (Fsp3) is 0.167. The molecule has 2 aromatic rings. The molecule has 19 heavy (non-hydrogen) atoms. The van der Waals surface area contributed by atoms with E-state index in [2.05, 4.69) is 10.3 Å². The first-order chi connectivity index (χ1) is 9.15. The van der Waals surface area contributed by atoms with Gasteiger partial charge in [-0.15, -0.1) is 0 Å². The molecule has 0 aliphatic carbocycles. The van der Waals surface area contributed by atoms with Gasteiger partial charge in [0.25, 0.3) is 0 Å². The van der Waals surface area contributed by atoms with Crippen molar-refractivity contribution in [3.05, 3.63) is 35.9 Å². The lowest BCUT2D eigenvalue weighted by molar-refractivity contribution is 0.253. The number of carbonyl (C=O) groups is 1.